The van der Waals surface area contributed by atoms with Crippen LogP contribution in [0.4, 0.5) is 22.7 Å². The van der Waals surface area contributed by atoms with Crippen LogP contribution in [0.3, 0.4) is 0 Å². The summed E-state index contributed by atoms with van der Waals surface area (Å²) in [6, 6.07) is 32.6. The van der Waals surface area contributed by atoms with Crippen LogP contribution in [0.2, 0.25) is 0 Å². The summed E-state index contributed by atoms with van der Waals surface area (Å²) >= 11 is 1.52. The van der Waals surface area contributed by atoms with E-state index >= 15 is 0 Å². The van der Waals surface area contributed by atoms with Crippen molar-refractivity contribution < 1.29 is 14.6 Å². The number of benzene rings is 5. The second kappa shape index (κ2) is 15.3. The maximum atomic E-state index is 14.1. The second-order valence-corrected chi connectivity index (χ2v) is 15.0. The van der Waals surface area contributed by atoms with Gasteiger partial charge in [0.1, 0.15) is 17.1 Å². The Morgan fingerprint density at radius 1 is 0.902 bits per heavy atom. The number of fused-ring (bicyclic) bond motifs is 2. The maximum absolute atomic E-state index is 14.1. The van der Waals surface area contributed by atoms with Crippen LogP contribution < -0.4 is 15.1 Å². The number of allylic oxidation sites excluding steroid dienone is 1. The lowest BCUT2D eigenvalue weighted by atomic mass is 9.78. The fraction of sp³-hybridized carbons (Fsp3) is 0.267. The van der Waals surface area contributed by atoms with Crippen molar-refractivity contribution in [2.45, 2.75) is 75.0 Å². The van der Waals surface area contributed by atoms with Gasteiger partial charge >= 0.3 is 0 Å². The molecule has 0 bridgehead atoms. The zero-order valence-electron chi connectivity index (χ0n) is 29.8. The summed E-state index contributed by atoms with van der Waals surface area (Å²) in [6.45, 7) is 10.9. The molecule has 1 unspecified atom stereocenters. The van der Waals surface area contributed by atoms with E-state index in [4.69, 9.17) is 4.74 Å². The number of hydrogen-bond acceptors (Lipinski definition) is 5. The van der Waals surface area contributed by atoms with E-state index < -0.39 is 0 Å². The highest BCUT2D eigenvalue weighted by molar-refractivity contribution is 7.99. The third-order valence-corrected chi connectivity index (χ3v) is 11.5. The lowest BCUT2D eigenvalue weighted by Gasteiger charge is -2.32. The van der Waals surface area contributed by atoms with Gasteiger partial charge in [0.2, 0.25) is 5.78 Å². The van der Waals surface area contributed by atoms with Gasteiger partial charge in [0.25, 0.3) is 0 Å². The van der Waals surface area contributed by atoms with Gasteiger partial charge in [-0.15, -0.1) is 6.58 Å². The SMILES string of the molecule is C=CC1CCC(c2ccc(-c3ccc(Sc4cccc5c4C(=O)c4cccc(Nc6cc(C)c(OCCCC)c(C)c6)c4[NH+]5[O-])cc3)cc2)CC1. The monoisotopic (exact) mass is 694 g/mol. The third-order valence-electron chi connectivity index (χ3n) is 10.4. The highest BCUT2D eigenvalue weighted by Crippen LogP contribution is 2.41. The molecule has 6 heteroatoms. The molecule has 1 saturated carbocycles. The van der Waals surface area contributed by atoms with Crippen LogP contribution >= 0.6 is 11.8 Å². The van der Waals surface area contributed by atoms with Crippen molar-refractivity contribution >= 4 is 40.3 Å². The van der Waals surface area contributed by atoms with Gasteiger partial charge in [-0.1, -0.05) is 79.7 Å². The number of carbonyl (C=O) groups excluding carboxylic acids is 1. The summed E-state index contributed by atoms with van der Waals surface area (Å²) in [6.07, 6.45) is 9.12. The molecule has 5 aromatic carbocycles. The summed E-state index contributed by atoms with van der Waals surface area (Å²) in [5.74, 6) is 2.07. The molecular formula is C45H46N2O3S. The molecule has 1 aliphatic heterocycles. The van der Waals surface area contributed by atoms with Gasteiger partial charge in [-0.2, -0.15) is 0 Å². The number of ether oxygens (including phenoxy) is 1. The van der Waals surface area contributed by atoms with Crippen molar-refractivity contribution in [1.29, 1.82) is 0 Å². The summed E-state index contributed by atoms with van der Waals surface area (Å²) < 4.78 is 6.05. The Morgan fingerprint density at radius 3 is 2.24 bits per heavy atom. The van der Waals surface area contributed by atoms with Gasteiger partial charge in [-0.3, -0.25) is 4.79 Å². The van der Waals surface area contributed by atoms with Gasteiger partial charge < -0.3 is 20.3 Å². The number of ketones is 1. The van der Waals surface area contributed by atoms with E-state index in [-0.39, 0.29) is 10.8 Å². The highest BCUT2D eigenvalue weighted by atomic mass is 32.2. The van der Waals surface area contributed by atoms with Crippen molar-refractivity contribution in [2.75, 3.05) is 11.9 Å². The largest absolute Gasteiger partial charge is 0.623 e. The Balaban J connectivity index is 1.08. The minimum atomic E-state index is -0.148. The molecule has 5 aromatic rings. The average molecular weight is 695 g/mol. The highest BCUT2D eigenvalue weighted by Gasteiger charge is 2.34. The van der Waals surface area contributed by atoms with Gasteiger partial charge in [0.05, 0.1) is 17.7 Å². The van der Waals surface area contributed by atoms with Crippen LogP contribution in [0.1, 0.15) is 84.0 Å². The van der Waals surface area contributed by atoms with Crippen LogP contribution in [0, 0.1) is 25.0 Å². The molecule has 1 aliphatic carbocycles. The zero-order valence-corrected chi connectivity index (χ0v) is 30.6. The summed E-state index contributed by atoms with van der Waals surface area (Å²) in [7, 11) is 0. The number of unbranched alkanes of at least 4 members (excludes halogenated alkanes) is 1. The molecule has 0 spiro atoms. The van der Waals surface area contributed by atoms with E-state index in [9.17, 15) is 10.0 Å². The van der Waals surface area contributed by atoms with Gasteiger partial charge in [0, 0.05) is 21.5 Å². The Labute approximate surface area is 306 Å². The number of hydrogen-bond donors (Lipinski definition) is 2. The molecule has 0 radical (unpaired) electrons. The minimum Gasteiger partial charge on any atom is -0.623 e. The molecule has 2 aliphatic rings. The first kappa shape index (κ1) is 34.8. The molecule has 2 N–H and O–H groups in total. The molecule has 0 aromatic heterocycles. The van der Waals surface area contributed by atoms with Crippen molar-refractivity contribution in [3.63, 3.8) is 0 Å². The molecule has 51 heavy (non-hydrogen) atoms. The maximum Gasteiger partial charge on any atom is 0.206 e. The predicted molar refractivity (Wildman–Crippen MR) is 210 cm³/mol. The number of nitrogens with one attached hydrogen (secondary N) is 2. The number of anilines is 2. The van der Waals surface area contributed by atoms with Crippen molar-refractivity contribution in [2.24, 2.45) is 5.92 Å². The summed E-state index contributed by atoms with van der Waals surface area (Å²) in [4.78, 5) is 15.9. The van der Waals surface area contributed by atoms with Gasteiger partial charge in [0.15, 0.2) is 5.69 Å². The lowest BCUT2D eigenvalue weighted by Crippen LogP contribution is -2.98. The van der Waals surface area contributed by atoms with E-state index in [0.29, 0.717) is 46.6 Å². The lowest BCUT2D eigenvalue weighted by molar-refractivity contribution is -0.698. The van der Waals surface area contributed by atoms with Crippen LogP contribution in [-0.4, -0.2) is 12.4 Å². The third kappa shape index (κ3) is 7.27. The summed E-state index contributed by atoms with van der Waals surface area (Å²) in [5, 5.41) is 17.4. The number of para-hydroxylation sites is 1. The predicted octanol–water partition coefficient (Wildman–Crippen LogP) is 11.4. The molecule has 5 nitrogen and oxygen atoms in total. The fourth-order valence-corrected chi connectivity index (χ4v) is 8.58. The van der Waals surface area contributed by atoms with Crippen molar-refractivity contribution in [3.05, 3.63) is 143 Å². The normalized spacial score (nSPS) is 18.1. The van der Waals surface area contributed by atoms with Crippen LogP contribution in [0.25, 0.3) is 11.1 Å². The molecule has 1 atom stereocenters. The molecule has 0 amide bonds. The molecular weight excluding hydrogens is 649 g/mol. The first-order chi connectivity index (χ1) is 24.8. The van der Waals surface area contributed by atoms with Crippen LogP contribution in [-0.2, 0) is 0 Å². The fourth-order valence-electron chi connectivity index (χ4n) is 7.60. The number of carbonyl (C=O) groups is 1. The topological polar surface area (TPSA) is 65.8 Å². The Bertz CT molecular complexity index is 2020. The molecule has 1 heterocycles. The Kier molecular flexibility index (Phi) is 10.5. The Morgan fingerprint density at radius 2 is 1.57 bits per heavy atom. The smallest absolute Gasteiger partial charge is 0.206 e. The van der Waals surface area contributed by atoms with E-state index in [2.05, 4.69) is 73.4 Å². The van der Waals surface area contributed by atoms with Crippen LogP contribution in [0.15, 0.2) is 120 Å². The number of rotatable bonds is 11. The quantitative estimate of drug-likeness (QED) is 0.0818. The minimum absolute atomic E-state index is 0.131. The van der Waals surface area contributed by atoms with E-state index in [1.54, 1.807) is 12.1 Å². The van der Waals surface area contributed by atoms with Crippen LogP contribution in [0.5, 0.6) is 5.75 Å². The Hall–Kier alpha value is -4.62. The first-order valence-corrected chi connectivity index (χ1v) is 19.0. The van der Waals surface area contributed by atoms with E-state index in [0.717, 1.165) is 50.8 Å². The van der Waals surface area contributed by atoms with Gasteiger partial charge in [-0.25, -0.2) is 0 Å². The molecule has 7 rings (SSSR count). The molecule has 0 saturated heterocycles. The average Bonchev–Trinajstić information content (AvgIpc) is 3.15. The second-order valence-electron chi connectivity index (χ2n) is 13.9. The van der Waals surface area contributed by atoms with E-state index in [1.165, 1.54) is 48.6 Å². The van der Waals surface area contributed by atoms with E-state index in [1.807, 2.05) is 50.2 Å². The van der Waals surface area contributed by atoms with Crippen molar-refractivity contribution in [1.82, 2.24) is 0 Å². The number of aryl methyl sites for hydroxylation is 2. The standard InChI is InChI=1S/C45H46N2O3S/c1-5-7-26-50-45-29(3)27-36(28-30(45)4)46-39-11-8-10-38-43(39)47(49)40-12-9-13-41(42(40)44(38)48)51-37-24-22-35(23-25-37)34-20-18-33(19-21-34)32-16-14-31(6-2)15-17-32/h6,8-13,18-25,27-28,31-32,46-47H,2,5,7,14-17,26H2,1,3-4H3. The van der Waals surface area contributed by atoms with Crippen molar-refractivity contribution in [3.8, 4) is 16.9 Å². The zero-order chi connectivity index (χ0) is 35.5. The van der Waals surface area contributed by atoms with Gasteiger partial charge in [-0.05, 0) is 128 Å². The molecule has 1 fully saturated rings. The first-order valence-electron chi connectivity index (χ1n) is 18.2. The number of quaternary nitrogens is 1. The summed E-state index contributed by atoms with van der Waals surface area (Å²) in [5.41, 5.74) is 9.04. The molecule has 260 valence electrons.